The van der Waals surface area contributed by atoms with Gasteiger partial charge in [-0.2, -0.15) is 0 Å². The van der Waals surface area contributed by atoms with Crippen molar-refractivity contribution >= 4 is 22.7 Å². The predicted molar refractivity (Wildman–Crippen MR) is 99.0 cm³/mol. The quantitative estimate of drug-likeness (QED) is 0.888. The highest BCUT2D eigenvalue weighted by atomic mass is 16.5. The van der Waals surface area contributed by atoms with E-state index in [9.17, 15) is 9.59 Å². The Bertz CT molecular complexity index is 886. The molecule has 2 aromatic rings. The number of carbonyl (C=O) groups excluding carboxylic acids is 2. The van der Waals surface area contributed by atoms with E-state index in [2.05, 4.69) is 24.1 Å². The van der Waals surface area contributed by atoms with Crippen molar-refractivity contribution in [1.29, 1.82) is 0 Å². The maximum Gasteiger partial charge on any atom is 0.246 e. The molecule has 6 heteroatoms. The minimum Gasteiger partial charge on any atom is -0.497 e. The summed E-state index contributed by atoms with van der Waals surface area (Å²) in [6, 6.07) is 4.94. The van der Waals surface area contributed by atoms with E-state index in [1.54, 1.807) is 14.0 Å². The van der Waals surface area contributed by atoms with Crippen molar-refractivity contribution in [2.75, 3.05) is 7.11 Å². The van der Waals surface area contributed by atoms with Crippen LogP contribution in [0.25, 0.3) is 10.9 Å². The lowest BCUT2D eigenvalue weighted by Crippen LogP contribution is -2.65. The molecule has 4 rings (SSSR count). The van der Waals surface area contributed by atoms with E-state index >= 15 is 0 Å². The lowest BCUT2D eigenvalue weighted by atomic mass is 9.85. The fraction of sp³-hybridized carbons (Fsp3) is 0.500. The summed E-state index contributed by atoms with van der Waals surface area (Å²) in [5, 5.41) is 3.94. The van der Waals surface area contributed by atoms with Gasteiger partial charge in [0.15, 0.2) is 0 Å². The van der Waals surface area contributed by atoms with Crippen LogP contribution in [0.1, 0.15) is 44.5 Å². The normalized spacial score (nSPS) is 25.3. The topological polar surface area (TPSA) is 74.4 Å². The molecule has 2 amide bonds. The third kappa shape index (κ3) is 2.47. The minimum absolute atomic E-state index is 0.00198. The van der Waals surface area contributed by atoms with Gasteiger partial charge in [0.25, 0.3) is 0 Å². The van der Waals surface area contributed by atoms with Gasteiger partial charge >= 0.3 is 0 Å². The highest BCUT2D eigenvalue weighted by Gasteiger charge is 2.47. The van der Waals surface area contributed by atoms with Crippen LogP contribution in [0.2, 0.25) is 0 Å². The first-order valence-electron chi connectivity index (χ1n) is 9.21. The number of aromatic nitrogens is 1. The zero-order chi connectivity index (χ0) is 18.6. The van der Waals surface area contributed by atoms with Crippen molar-refractivity contribution < 1.29 is 14.3 Å². The van der Waals surface area contributed by atoms with Gasteiger partial charge in [-0.25, -0.2) is 0 Å². The van der Waals surface area contributed by atoms with Crippen LogP contribution in [0, 0.1) is 5.92 Å². The number of amides is 2. The molecule has 1 fully saturated rings. The number of hydrogen-bond acceptors (Lipinski definition) is 3. The SMILES string of the molecule is COc1ccc2c3c([nH]c2c1)[C@@H](CC(C)C)N1C(=O)[C@H](C)NC(=O)[C@H]1C3. The molecule has 6 nitrogen and oxygen atoms in total. The van der Waals surface area contributed by atoms with Gasteiger partial charge in [0.05, 0.1) is 13.2 Å². The van der Waals surface area contributed by atoms with Crippen LogP contribution < -0.4 is 10.1 Å². The standard InChI is InChI=1S/C20H25N3O3/c1-10(2)7-16-18-14(13-6-5-12(26-4)8-15(13)22-18)9-17-19(24)21-11(3)20(25)23(16)17/h5-6,8,10-11,16-17,22H,7,9H2,1-4H3,(H,21,24)/t11-,16+,17+/m0/s1. The number of rotatable bonds is 3. The van der Waals surface area contributed by atoms with E-state index in [4.69, 9.17) is 4.74 Å². The number of piperazine rings is 1. The van der Waals surface area contributed by atoms with Gasteiger partial charge in [-0.1, -0.05) is 13.8 Å². The number of H-pyrrole nitrogens is 1. The van der Waals surface area contributed by atoms with Crippen LogP contribution in [0.3, 0.4) is 0 Å². The molecule has 2 N–H and O–H groups in total. The van der Waals surface area contributed by atoms with Crippen molar-refractivity contribution in [2.45, 2.75) is 51.7 Å². The summed E-state index contributed by atoms with van der Waals surface area (Å²) in [5.74, 6) is 1.14. The zero-order valence-corrected chi connectivity index (χ0v) is 15.6. The van der Waals surface area contributed by atoms with E-state index in [1.807, 2.05) is 23.1 Å². The molecule has 1 aromatic carbocycles. The molecular formula is C20H25N3O3. The van der Waals surface area contributed by atoms with Gasteiger partial charge in [0, 0.05) is 29.1 Å². The molecule has 2 aliphatic heterocycles. The summed E-state index contributed by atoms with van der Waals surface area (Å²) < 4.78 is 5.34. The van der Waals surface area contributed by atoms with E-state index in [-0.39, 0.29) is 17.9 Å². The Hall–Kier alpha value is -2.50. The van der Waals surface area contributed by atoms with Crippen LogP contribution in [-0.2, 0) is 16.0 Å². The molecule has 1 aromatic heterocycles. The highest BCUT2D eigenvalue weighted by Crippen LogP contribution is 2.42. The second-order valence-corrected chi connectivity index (χ2v) is 7.77. The lowest BCUT2D eigenvalue weighted by molar-refractivity contribution is -0.153. The molecule has 3 heterocycles. The Labute approximate surface area is 152 Å². The summed E-state index contributed by atoms with van der Waals surface area (Å²) in [7, 11) is 1.65. The highest BCUT2D eigenvalue weighted by molar-refractivity contribution is 5.98. The lowest BCUT2D eigenvalue weighted by Gasteiger charge is -2.46. The predicted octanol–water partition coefficient (Wildman–Crippen LogP) is 2.54. The zero-order valence-electron chi connectivity index (χ0n) is 15.6. The number of fused-ring (bicyclic) bond motifs is 4. The van der Waals surface area contributed by atoms with Crippen molar-refractivity contribution in [1.82, 2.24) is 15.2 Å². The van der Waals surface area contributed by atoms with E-state index in [0.717, 1.165) is 34.3 Å². The third-order valence-corrected chi connectivity index (χ3v) is 5.53. The Morgan fingerprint density at radius 2 is 2.08 bits per heavy atom. The number of hydrogen-bond donors (Lipinski definition) is 2. The molecule has 2 aliphatic rings. The fourth-order valence-corrected chi connectivity index (χ4v) is 4.33. The number of carbonyl (C=O) groups is 2. The first-order valence-corrected chi connectivity index (χ1v) is 9.21. The van der Waals surface area contributed by atoms with Crippen LogP contribution in [0.15, 0.2) is 18.2 Å². The second-order valence-electron chi connectivity index (χ2n) is 7.77. The van der Waals surface area contributed by atoms with Gasteiger partial charge in [0.2, 0.25) is 11.8 Å². The van der Waals surface area contributed by atoms with Crippen molar-refractivity contribution in [3.8, 4) is 5.75 Å². The van der Waals surface area contributed by atoms with Crippen molar-refractivity contribution in [2.24, 2.45) is 5.92 Å². The molecule has 0 radical (unpaired) electrons. The average molecular weight is 355 g/mol. The maximum absolute atomic E-state index is 12.9. The number of benzene rings is 1. The van der Waals surface area contributed by atoms with Crippen LogP contribution in [0.5, 0.6) is 5.75 Å². The third-order valence-electron chi connectivity index (χ3n) is 5.53. The Kier molecular flexibility index (Phi) is 3.93. The van der Waals surface area contributed by atoms with E-state index in [1.165, 1.54) is 0 Å². The Morgan fingerprint density at radius 1 is 1.31 bits per heavy atom. The summed E-state index contributed by atoms with van der Waals surface area (Å²) in [6.07, 6.45) is 1.36. The summed E-state index contributed by atoms with van der Waals surface area (Å²) >= 11 is 0. The summed E-state index contributed by atoms with van der Waals surface area (Å²) in [6.45, 7) is 6.05. The van der Waals surface area contributed by atoms with Gasteiger partial charge < -0.3 is 19.9 Å². The monoisotopic (exact) mass is 355 g/mol. The molecule has 1 saturated heterocycles. The number of nitrogens with zero attached hydrogens (tertiary/aromatic N) is 1. The maximum atomic E-state index is 12.9. The minimum atomic E-state index is -0.473. The molecule has 26 heavy (non-hydrogen) atoms. The van der Waals surface area contributed by atoms with Crippen LogP contribution in [-0.4, -0.2) is 40.9 Å². The molecule has 0 saturated carbocycles. The molecule has 3 atom stereocenters. The van der Waals surface area contributed by atoms with Gasteiger partial charge in [-0.05, 0) is 37.0 Å². The van der Waals surface area contributed by atoms with Crippen LogP contribution in [0.4, 0.5) is 0 Å². The Morgan fingerprint density at radius 3 is 2.77 bits per heavy atom. The molecule has 0 bridgehead atoms. The number of aromatic amines is 1. The molecular weight excluding hydrogens is 330 g/mol. The van der Waals surface area contributed by atoms with E-state index < -0.39 is 12.1 Å². The van der Waals surface area contributed by atoms with Gasteiger partial charge in [0.1, 0.15) is 17.8 Å². The summed E-state index contributed by atoms with van der Waals surface area (Å²) in [4.78, 5) is 30.9. The molecule has 138 valence electrons. The first kappa shape index (κ1) is 16.9. The second kappa shape index (κ2) is 6.04. The summed E-state index contributed by atoms with van der Waals surface area (Å²) in [5.41, 5.74) is 3.20. The Balaban J connectivity index is 1.89. The smallest absolute Gasteiger partial charge is 0.246 e. The largest absolute Gasteiger partial charge is 0.497 e. The molecule has 0 spiro atoms. The van der Waals surface area contributed by atoms with Gasteiger partial charge in [-0.15, -0.1) is 0 Å². The molecule has 0 aliphatic carbocycles. The number of methoxy groups -OCH3 is 1. The first-order chi connectivity index (χ1) is 12.4. The molecule has 0 unspecified atom stereocenters. The van der Waals surface area contributed by atoms with Gasteiger partial charge in [-0.3, -0.25) is 9.59 Å². The average Bonchev–Trinajstić information content (AvgIpc) is 2.96. The van der Waals surface area contributed by atoms with Crippen LogP contribution >= 0.6 is 0 Å². The van der Waals surface area contributed by atoms with E-state index in [0.29, 0.717) is 12.3 Å². The number of nitrogens with one attached hydrogen (secondary N) is 2. The van der Waals surface area contributed by atoms with Crippen molar-refractivity contribution in [3.05, 3.63) is 29.5 Å². The van der Waals surface area contributed by atoms with Crippen molar-refractivity contribution in [3.63, 3.8) is 0 Å². The fourth-order valence-electron chi connectivity index (χ4n) is 4.33. The number of ether oxygens (including phenoxy) is 1.